The molecule has 1 aliphatic carbocycles. The third kappa shape index (κ3) is 2.48. The zero-order chi connectivity index (χ0) is 19.4. The Morgan fingerprint density at radius 1 is 1.07 bits per heavy atom. The van der Waals surface area contributed by atoms with Crippen molar-refractivity contribution >= 4 is 21.5 Å². The summed E-state index contributed by atoms with van der Waals surface area (Å²) in [5.74, 6) is 0.0188. The molecule has 0 saturated heterocycles. The number of anilines is 1. The molecule has 0 saturated carbocycles. The summed E-state index contributed by atoms with van der Waals surface area (Å²) in [6.07, 6.45) is 3.17. The van der Waals surface area contributed by atoms with E-state index in [4.69, 9.17) is 0 Å². The number of carbonyl (C=O) groups is 1. The number of hydrogen-bond donors (Lipinski definition) is 0. The van der Waals surface area contributed by atoms with Gasteiger partial charge >= 0.3 is 0 Å². The first-order valence-electron chi connectivity index (χ1n) is 9.16. The Morgan fingerprint density at radius 3 is 2.41 bits per heavy atom. The molecule has 1 aliphatic heterocycles. The standard InChI is InChI=1S/C22H23NO3S/c1-15-8-10-18(11-9-15)27(25,26)23-20-7-5-4-6-19(20)22(17(3)24)13-12-16(2)14-21(22)23/h4-12,21H,13-14H2,1-3H3/t21-,22+/m0/s1. The quantitative estimate of drug-likeness (QED) is 0.751. The van der Waals surface area contributed by atoms with Gasteiger partial charge < -0.3 is 0 Å². The second kappa shape index (κ2) is 6.06. The van der Waals surface area contributed by atoms with Crippen molar-refractivity contribution in [2.75, 3.05) is 4.31 Å². The molecule has 0 unspecified atom stereocenters. The smallest absolute Gasteiger partial charge is 0.264 e. The predicted octanol–water partition coefficient (Wildman–Crippen LogP) is 4.14. The third-order valence-electron chi connectivity index (χ3n) is 5.97. The van der Waals surface area contributed by atoms with E-state index in [0.29, 0.717) is 18.5 Å². The zero-order valence-corrected chi connectivity index (χ0v) is 16.6. The molecule has 0 bridgehead atoms. The summed E-state index contributed by atoms with van der Waals surface area (Å²) in [4.78, 5) is 13.1. The van der Waals surface area contributed by atoms with Crippen molar-refractivity contribution in [2.45, 2.75) is 50.0 Å². The van der Waals surface area contributed by atoms with Gasteiger partial charge in [-0.25, -0.2) is 8.42 Å². The molecule has 2 aromatic rings. The van der Waals surface area contributed by atoms with Crippen LogP contribution in [0.1, 0.15) is 37.8 Å². The Bertz CT molecular complexity index is 1050. The highest BCUT2D eigenvalue weighted by atomic mass is 32.2. The number of sulfonamides is 1. The number of nitrogens with zero attached hydrogens (tertiary/aromatic N) is 1. The number of ketones is 1. The van der Waals surface area contributed by atoms with Gasteiger partial charge in [0.2, 0.25) is 0 Å². The third-order valence-corrected chi connectivity index (χ3v) is 7.80. The Kier molecular flexibility index (Phi) is 4.04. The minimum absolute atomic E-state index is 0.0188. The molecule has 4 rings (SSSR count). The molecule has 0 radical (unpaired) electrons. The first-order chi connectivity index (χ1) is 12.8. The van der Waals surface area contributed by atoms with E-state index >= 15 is 0 Å². The molecule has 0 N–H and O–H groups in total. The van der Waals surface area contributed by atoms with Crippen LogP contribution in [0.15, 0.2) is 65.1 Å². The van der Waals surface area contributed by atoms with E-state index in [1.54, 1.807) is 31.2 Å². The Hall–Kier alpha value is -2.40. The lowest BCUT2D eigenvalue weighted by molar-refractivity contribution is -0.122. The van der Waals surface area contributed by atoms with Crippen LogP contribution < -0.4 is 4.31 Å². The van der Waals surface area contributed by atoms with Gasteiger partial charge in [0.25, 0.3) is 10.0 Å². The van der Waals surface area contributed by atoms with Crippen molar-refractivity contribution in [3.63, 3.8) is 0 Å². The van der Waals surface area contributed by atoms with E-state index in [0.717, 1.165) is 16.7 Å². The summed E-state index contributed by atoms with van der Waals surface area (Å²) in [5, 5.41) is 0. The molecule has 4 nitrogen and oxygen atoms in total. The number of carbonyl (C=O) groups excluding carboxylic acids is 1. The van der Waals surface area contributed by atoms with Gasteiger partial charge in [-0.1, -0.05) is 47.5 Å². The van der Waals surface area contributed by atoms with E-state index in [9.17, 15) is 13.2 Å². The molecule has 0 aromatic heterocycles. The lowest BCUT2D eigenvalue weighted by atomic mass is 9.67. The lowest BCUT2D eigenvalue weighted by Crippen LogP contribution is -2.52. The molecule has 0 amide bonds. The number of allylic oxidation sites excluding steroid dienone is 1. The van der Waals surface area contributed by atoms with Crippen LogP contribution in [0.5, 0.6) is 0 Å². The van der Waals surface area contributed by atoms with Gasteiger partial charge in [0, 0.05) is 0 Å². The van der Waals surface area contributed by atoms with Crippen LogP contribution in [0.4, 0.5) is 5.69 Å². The van der Waals surface area contributed by atoms with Gasteiger partial charge in [-0.15, -0.1) is 0 Å². The number of Topliss-reactive ketones (excluding diaryl/α,β-unsaturated/α-hetero) is 1. The zero-order valence-electron chi connectivity index (χ0n) is 15.8. The van der Waals surface area contributed by atoms with Crippen LogP contribution in [-0.4, -0.2) is 20.2 Å². The fourth-order valence-corrected chi connectivity index (χ4v) is 6.22. The van der Waals surface area contributed by atoms with Crippen LogP contribution in [0.25, 0.3) is 0 Å². The average Bonchev–Trinajstić information content (AvgIpc) is 2.93. The predicted molar refractivity (Wildman–Crippen MR) is 106 cm³/mol. The van der Waals surface area contributed by atoms with E-state index in [1.807, 2.05) is 38.1 Å². The highest BCUT2D eigenvalue weighted by molar-refractivity contribution is 7.92. The Balaban J connectivity index is 1.97. The van der Waals surface area contributed by atoms with Gasteiger partial charge in [0.1, 0.15) is 5.78 Å². The molecule has 1 heterocycles. The Labute approximate surface area is 160 Å². The maximum atomic E-state index is 13.6. The number of aryl methyl sites for hydroxylation is 1. The van der Waals surface area contributed by atoms with Crippen molar-refractivity contribution in [1.29, 1.82) is 0 Å². The second-order valence-electron chi connectivity index (χ2n) is 7.63. The summed E-state index contributed by atoms with van der Waals surface area (Å²) in [6, 6.07) is 13.9. The fourth-order valence-electron chi connectivity index (χ4n) is 4.51. The van der Waals surface area contributed by atoms with E-state index in [2.05, 4.69) is 6.08 Å². The minimum atomic E-state index is -3.78. The summed E-state index contributed by atoms with van der Waals surface area (Å²) in [6.45, 7) is 5.52. The summed E-state index contributed by atoms with van der Waals surface area (Å²) < 4.78 is 28.8. The summed E-state index contributed by atoms with van der Waals surface area (Å²) >= 11 is 0. The van der Waals surface area contributed by atoms with Crippen molar-refractivity contribution in [2.24, 2.45) is 0 Å². The molecule has 5 heteroatoms. The normalized spacial score (nSPS) is 24.2. The van der Waals surface area contributed by atoms with E-state index < -0.39 is 21.5 Å². The van der Waals surface area contributed by atoms with Crippen molar-refractivity contribution < 1.29 is 13.2 Å². The van der Waals surface area contributed by atoms with Gasteiger partial charge in [0.15, 0.2) is 0 Å². The molecule has 0 fully saturated rings. The van der Waals surface area contributed by atoms with Gasteiger partial charge in [0.05, 0.1) is 22.0 Å². The molecule has 2 aromatic carbocycles. The number of fused-ring (bicyclic) bond motifs is 3. The maximum absolute atomic E-state index is 13.6. The Morgan fingerprint density at radius 2 is 1.74 bits per heavy atom. The number of benzene rings is 2. The van der Waals surface area contributed by atoms with Crippen LogP contribution in [-0.2, 0) is 20.2 Å². The van der Waals surface area contributed by atoms with Gasteiger partial charge in [-0.3, -0.25) is 9.10 Å². The largest absolute Gasteiger partial charge is 0.299 e. The molecule has 2 atom stereocenters. The fraction of sp³-hybridized carbons (Fsp3) is 0.318. The number of para-hydroxylation sites is 1. The molecule has 140 valence electrons. The van der Waals surface area contributed by atoms with E-state index in [-0.39, 0.29) is 10.7 Å². The SMILES string of the molecule is CC(=O)[C@@]12CC=C(C)C[C@@H]1N(S(=O)(=O)c1ccc(C)cc1)c1ccccc12. The summed E-state index contributed by atoms with van der Waals surface area (Å²) in [7, 11) is -3.78. The van der Waals surface area contributed by atoms with E-state index in [1.165, 1.54) is 4.31 Å². The first-order valence-corrected chi connectivity index (χ1v) is 10.6. The second-order valence-corrected chi connectivity index (χ2v) is 9.45. The number of rotatable bonds is 3. The van der Waals surface area contributed by atoms with Gasteiger partial charge in [-0.2, -0.15) is 0 Å². The summed E-state index contributed by atoms with van der Waals surface area (Å²) in [5.41, 5.74) is 2.76. The maximum Gasteiger partial charge on any atom is 0.264 e. The molecular formula is C22H23NO3S. The van der Waals surface area contributed by atoms with Crippen LogP contribution >= 0.6 is 0 Å². The highest BCUT2D eigenvalue weighted by Crippen LogP contribution is 2.54. The monoisotopic (exact) mass is 381 g/mol. The topological polar surface area (TPSA) is 54.5 Å². The first kappa shape index (κ1) is 18.0. The van der Waals surface area contributed by atoms with Crippen LogP contribution in [0, 0.1) is 6.92 Å². The molecular weight excluding hydrogens is 358 g/mol. The lowest BCUT2D eigenvalue weighted by Gasteiger charge is -2.39. The molecule has 2 aliphatic rings. The molecule has 27 heavy (non-hydrogen) atoms. The van der Waals surface area contributed by atoms with Crippen molar-refractivity contribution in [1.82, 2.24) is 0 Å². The molecule has 0 spiro atoms. The van der Waals surface area contributed by atoms with Gasteiger partial charge in [-0.05, 0) is 57.4 Å². The highest BCUT2D eigenvalue weighted by Gasteiger charge is 2.57. The minimum Gasteiger partial charge on any atom is -0.299 e. The van der Waals surface area contributed by atoms with Crippen molar-refractivity contribution in [3.05, 3.63) is 71.3 Å². The average molecular weight is 381 g/mol. The number of hydrogen-bond acceptors (Lipinski definition) is 3. The van der Waals surface area contributed by atoms with Crippen LogP contribution in [0.2, 0.25) is 0 Å². The van der Waals surface area contributed by atoms with Crippen molar-refractivity contribution in [3.8, 4) is 0 Å². The van der Waals surface area contributed by atoms with Crippen LogP contribution in [0.3, 0.4) is 0 Å².